The quantitative estimate of drug-likeness (QED) is 0.843. The highest BCUT2D eigenvalue weighted by Gasteiger charge is 2.12. The molecular weight excluding hydrogens is 236 g/mol. The normalized spacial score (nSPS) is 10.8. The van der Waals surface area contributed by atoms with E-state index in [1.165, 1.54) is 6.07 Å². The van der Waals surface area contributed by atoms with Gasteiger partial charge in [0, 0.05) is 11.5 Å². The number of benzene rings is 1. The third kappa shape index (κ3) is 2.34. The van der Waals surface area contributed by atoms with Crippen LogP contribution in [0.2, 0.25) is 0 Å². The standard InChI is InChI=1S/C13H12O5/c1-7(2)17-9-4-3-8-5-10(12(14)15)13(16)18-11(8)6-9/h3-7H,1-2H3,(H,14,15). The van der Waals surface area contributed by atoms with Crippen molar-refractivity contribution in [1.82, 2.24) is 0 Å². The lowest BCUT2D eigenvalue weighted by molar-refractivity contribution is 0.0692. The molecule has 0 unspecified atom stereocenters. The Bertz CT molecular complexity index is 654. The van der Waals surface area contributed by atoms with E-state index in [4.69, 9.17) is 14.3 Å². The Morgan fingerprint density at radius 2 is 2.06 bits per heavy atom. The van der Waals surface area contributed by atoms with Gasteiger partial charge in [-0.3, -0.25) is 0 Å². The number of carboxylic acid groups (broad SMARTS) is 1. The minimum atomic E-state index is -1.30. The molecular formula is C13H12O5. The summed E-state index contributed by atoms with van der Waals surface area (Å²) in [6.07, 6.45) is 0.00691. The highest BCUT2D eigenvalue weighted by Crippen LogP contribution is 2.21. The Labute approximate surface area is 103 Å². The summed E-state index contributed by atoms with van der Waals surface area (Å²) in [7, 11) is 0. The van der Waals surface area contributed by atoms with E-state index in [2.05, 4.69) is 0 Å². The van der Waals surface area contributed by atoms with Crippen molar-refractivity contribution in [2.45, 2.75) is 20.0 Å². The van der Waals surface area contributed by atoms with Gasteiger partial charge in [-0.2, -0.15) is 0 Å². The molecule has 1 heterocycles. The number of carboxylic acids is 1. The van der Waals surface area contributed by atoms with Crippen molar-refractivity contribution in [2.75, 3.05) is 0 Å². The first-order valence-corrected chi connectivity index (χ1v) is 5.45. The first kappa shape index (κ1) is 12.2. The highest BCUT2D eigenvalue weighted by molar-refractivity contribution is 5.91. The van der Waals surface area contributed by atoms with E-state index >= 15 is 0 Å². The number of ether oxygens (including phenoxy) is 1. The van der Waals surface area contributed by atoms with Gasteiger partial charge in [-0.15, -0.1) is 0 Å². The molecule has 0 amide bonds. The molecule has 0 saturated carbocycles. The molecule has 2 rings (SSSR count). The van der Waals surface area contributed by atoms with Crippen LogP contribution in [0.1, 0.15) is 24.2 Å². The van der Waals surface area contributed by atoms with Gasteiger partial charge in [-0.25, -0.2) is 9.59 Å². The van der Waals surface area contributed by atoms with Gasteiger partial charge in [0.2, 0.25) is 0 Å². The zero-order valence-corrected chi connectivity index (χ0v) is 9.97. The van der Waals surface area contributed by atoms with Crippen LogP contribution < -0.4 is 10.4 Å². The van der Waals surface area contributed by atoms with Gasteiger partial charge in [-0.05, 0) is 32.0 Å². The van der Waals surface area contributed by atoms with Crippen molar-refractivity contribution in [2.24, 2.45) is 0 Å². The predicted molar refractivity (Wildman–Crippen MR) is 65.2 cm³/mol. The maximum absolute atomic E-state index is 11.4. The van der Waals surface area contributed by atoms with E-state index in [0.717, 1.165) is 0 Å². The number of aromatic carboxylic acids is 1. The SMILES string of the molecule is CC(C)Oc1ccc2cc(C(=O)O)c(=O)oc2c1. The first-order chi connectivity index (χ1) is 8.47. The van der Waals surface area contributed by atoms with Gasteiger partial charge in [0.05, 0.1) is 6.10 Å². The smallest absolute Gasteiger partial charge is 0.351 e. The van der Waals surface area contributed by atoms with E-state index < -0.39 is 11.6 Å². The van der Waals surface area contributed by atoms with Gasteiger partial charge in [0.25, 0.3) is 0 Å². The van der Waals surface area contributed by atoms with E-state index in [0.29, 0.717) is 16.7 Å². The molecule has 0 atom stereocenters. The molecule has 0 aliphatic heterocycles. The van der Waals surface area contributed by atoms with E-state index in [9.17, 15) is 9.59 Å². The number of hydrogen-bond donors (Lipinski definition) is 1. The molecule has 0 radical (unpaired) electrons. The fraction of sp³-hybridized carbons (Fsp3) is 0.231. The number of carbonyl (C=O) groups is 1. The van der Waals surface area contributed by atoms with Crippen LogP contribution in [-0.4, -0.2) is 17.2 Å². The Hall–Kier alpha value is -2.30. The summed E-state index contributed by atoms with van der Waals surface area (Å²) in [5, 5.41) is 9.36. The molecule has 1 aromatic carbocycles. The maximum atomic E-state index is 11.4. The zero-order valence-electron chi connectivity index (χ0n) is 9.97. The Morgan fingerprint density at radius 3 is 2.67 bits per heavy atom. The number of hydrogen-bond acceptors (Lipinski definition) is 4. The molecule has 2 aromatic rings. The molecule has 0 bridgehead atoms. The lowest BCUT2D eigenvalue weighted by atomic mass is 10.2. The number of rotatable bonds is 3. The van der Waals surface area contributed by atoms with Crippen molar-refractivity contribution < 1.29 is 19.1 Å². The molecule has 0 spiro atoms. The van der Waals surface area contributed by atoms with Crippen molar-refractivity contribution in [3.63, 3.8) is 0 Å². The fourth-order valence-corrected chi connectivity index (χ4v) is 1.59. The van der Waals surface area contributed by atoms with Crippen LogP contribution >= 0.6 is 0 Å². The van der Waals surface area contributed by atoms with E-state index in [1.54, 1.807) is 18.2 Å². The molecule has 0 saturated heterocycles. The zero-order chi connectivity index (χ0) is 13.3. The van der Waals surface area contributed by atoms with Crippen molar-refractivity contribution >= 4 is 16.9 Å². The third-order valence-electron chi connectivity index (χ3n) is 2.31. The van der Waals surface area contributed by atoms with Crippen molar-refractivity contribution in [3.8, 4) is 5.75 Å². The largest absolute Gasteiger partial charge is 0.491 e. The van der Waals surface area contributed by atoms with Crippen molar-refractivity contribution in [1.29, 1.82) is 0 Å². The monoisotopic (exact) mass is 248 g/mol. The third-order valence-corrected chi connectivity index (χ3v) is 2.31. The molecule has 5 nitrogen and oxygen atoms in total. The molecule has 94 valence electrons. The summed E-state index contributed by atoms with van der Waals surface area (Å²) in [6.45, 7) is 3.77. The summed E-state index contributed by atoms with van der Waals surface area (Å²) in [6, 6.07) is 6.22. The lowest BCUT2D eigenvalue weighted by Crippen LogP contribution is -2.13. The van der Waals surface area contributed by atoms with Crippen LogP contribution in [0.5, 0.6) is 5.75 Å². The second kappa shape index (κ2) is 4.52. The van der Waals surface area contributed by atoms with Gasteiger partial charge < -0.3 is 14.3 Å². The summed E-state index contributed by atoms with van der Waals surface area (Å²) >= 11 is 0. The van der Waals surface area contributed by atoms with Crippen LogP contribution in [0, 0.1) is 0 Å². The molecule has 1 N–H and O–H groups in total. The Kier molecular flexibility index (Phi) is 3.06. The summed E-state index contributed by atoms with van der Waals surface area (Å²) in [5.74, 6) is -0.725. The van der Waals surface area contributed by atoms with Gasteiger partial charge in [0.15, 0.2) is 0 Å². The first-order valence-electron chi connectivity index (χ1n) is 5.45. The topological polar surface area (TPSA) is 76.7 Å². The van der Waals surface area contributed by atoms with Crippen LogP contribution in [0.25, 0.3) is 11.0 Å². The molecule has 0 aliphatic rings. The minimum absolute atomic E-state index is 0.00691. The van der Waals surface area contributed by atoms with E-state index in [1.807, 2.05) is 13.8 Å². The Balaban J connectivity index is 2.56. The lowest BCUT2D eigenvalue weighted by Gasteiger charge is -2.09. The summed E-state index contributed by atoms with van der Waals surface area (Å²) < 4.78 is 10.4. The molecule has 0 aliphatic carbocycles. The molecule has 0 fully saturated rings. The minimum Gasteiger partial charge on any atom is -0.491 e. The predicted octanol–water partition coefficient (Wildman–Crippen LogP) is 2.28. The molecule has 5 heteroatoms. The Morgan fingerprint density at radius 1 is 1.33 bits per heavy atom. The van der Waals surface area contributed by atoms with Crippen LogP contribution in [0.4, 0.5) is 0 Å². The van der Waals surface area contributed by atoms with Gasteiger partial charge in [-0.1, -0.05) is 0 Å². The maximum Gasteiger partial charge on any atom is 0.351 e. The molecule has 1 aromatic heterocycles. The summed E-state index contributed by atoms with van der Waals surface area (Å²) in [5.41, 5.74) is -0.931. The number of fused-ring (bicyclic) bond motifs is 1. The van der Waals surface area contributed by atoms with Gasteiger partial charge in [0.1, 0.15) is 16.9 Å². The fourth-order valence-electron chi connectivity index (χ4n) is 1.59. The summed E-state index contributed by atoms with van der Waals surface area (Å²) in [4.78, 5) is 22.2. The van der Waals surface area contributed by atoms with Gasteiger partial charge >= 0.3 is 11.6 Å². The van der Waals surface area contributed by atoms with Crippen molar-refractivity contribution in [3.05, 3.63) is 40.2 Å². The highest BCUT2D eigenvalue weighted by atomic mass is 16.5. The second-order valence-electron chi connectivity index (χ2n) is 4.12. The van der Waals surface area contributed by atoms with E-state index in [-0.39, 0.29) is 11.7 Å². The van der Waals surface area contributed by atoms with Crippen LogP contribution in [0.3, 0.4) is 0 Å². The average molecular weight is 248 g/mol. The van der Waals surface area contributed by atoms with Crippen LogP contribution in [-0.2, 0) is 0 Å². The average Bonchev–Trinajstić information content (AvgIpc) is 2.26. The van der Waals surface area contributed by atoms with Crippen LogP contribution in [0.15, 0.2) is 33.5 Å². The second-order valence-corrected chi connectivity index (χ2v) is 4.12. The molecule has 18 heavy (non-hydrogen) atoms.